The molecule has 0 bridgehead atoms. The highest BCUT2D eigenvalue weighted by Gasteiger charge is 1.73. The smallest absolute Gasteiger partial charge is 0.0282 e. The van der Waals surface area contributed by atoms with E-state index in [2.05, 4.69) is 17.6 Å². The SMILES string of the molecule is CC#CC[CH]SC. The highest BCUT2D eigenvalue weighted by molar-refractivity contribution is 8.00. The Balaban J connectivity index is 2.78. The van der Waals surface area contributed by atoms with Crippen LogP contribution in [0, 0.1) is 17.6 Å². The van der Waals surface area contributed by atoms with Gasteiger partial charge in [-0.15, -0.1) is 11.8 Å². The molecule has 0 nitrogen and oxygen atoms in total. The second-order valence-corrected chi connectivity index (χ2v) is 1.84. The highest BCUT2D eigenvalue weighted by atomic mass is 32.2. The van der Waals surface area contributed by atoms with Crippen molar-refractivity contribution in [2.24, 2.45) is 0 Å². The summed E-state index contributed by atoms with van der Waals surface area (Å²) >= 11 is 1.71. The van der Waals surface area contributed by atoms with Crippen molar-refractivity contribution in [2.45, 2.75) is 13.3 Å². The van der Waals surface area contributed by atoms with E-state index in [9.17, 15) is 0 Å². The van der Waals surface area contributed by atoms with Crippen LogP contribution in [0.15, 0.2) is 0 Å². The molecule has 0 unspecified atom stereocenters. The van der Waals surface area contributed by atoms with E-state index in [1.54, 1.807) is 11.8 Å². The molecule has 0 amide bonds. The summed E-state index contributed by atoms with van der Waals surface area (Å²) < 4.78 is 0. The van der Waals surface area contributed by atoms with Crippen molar-refractivity contribution in [3.63, 3.8) is 0 Å². The van der Waals surface area contributed by atoms with Gasteiger partial charge in [0.2, 0.25) is 0 Å². The highest BCUT2D eigenvalue weighted by Crippen LogP contribution is 1.99. The lowest BCUT2D eigenvalue weighted by Crippen LogP contribution is -1.60. The first-order chi connectivity index (χ1) is 3.41. The zero-order chi connectivity index (χ0) is 5.54. The van der Waals surface area contributed by atoms with Crippen molar-refractivity contribution in [1.29, 1.82) is 0 Å². The Kier molecular flexibility index (Phi) is 5.83. The molecule has 0 fully saturated rings. The lowest BCUT2D eigenvalue weighted by Gasteiger charge is -1.80. The molecule has 0 aromatic heterocycles. The molecule has 7 heavy (non-hydrogen) atoms. The van der Waals surface area contributed by atoms with E-state index in [1.165, 1.54) is 0 Å². The molecule has 0 spiro atoms. The lowest BCUT2D eigenvalue weighted by atomic mass is 10.5. The summed E-state index contributed by atoms with van der Waals surface area (Å²) in [5.74, 6) is 7.81. The Morgan fingerprint density at radius 1 is 1.71 bits per heavy atom. The second-order valence-electron chi connectivity index (χ2n) is 1.03. The van der Waals surface area contributed by atoms with E-state index in [4.69, 9.17) is 0 Å². The fourth-order valence-corrected chi connectivity index (χ4v) is 0.477. The minimum Gasteiger partial charge on any atom is -0.160 e. The molecular formula is C6H9S. The Labute approximate surface area is 49.7 Å². The third kappa shape index (κ3) is 5.91. The van der Waals surface area contributed by atoms with Crippen LogP contribution < -0.4 is 0 Å². The predicted octanol–water partition coefficient (Wildman–Crippen LogP) is 1.92. The van der Waals surface area contributed by atoms with Crippen LogP contribution in [0.3, 0.4) is 0 Å². The maximum atomic E-state index is 2.92. The Hall–Kier alpha value is -0.0900. The maximum absolute atomic E-state index is 2.92. The van der Waals surface area contributed by atoms with Gasteiger partial charge >= 0.3 is 0 Å². The van der Waals surface area contributed by atoms with Crippen molar-refractivity contribution in [2.75, 3.05) is 6.26 Å². The minimum atomic E-state index is 0.914. The predicted molar refractivity (Wildman–Crippen MR) is 35.9 cm³/mol. The van der Waals surface area contributed by atoms with Gasteiger partial charge in [-0.25, -0.2) is 0 Å². The van der Waals surface area contributed by atoms with Crippen molar-refractivity contribution in [3.8, 4) is 11.8 Å². The van der Waals surface area contributed by atoms with Crippen LogP contribution in [0.1, 0.15) is 13.3 Å². The quantitative estimate of drug-likeness (QED) is 0.389. The summed E-state index contributed by atoms with van der Waals surface area (Å²) in [5, 5.41) is 0. The molecule has 1 heteroatoms. The van der Waals surface area contributed by atoms with Gasteiger partial charge in [0, 0.05) is 12.2 Å². The second kappa shape index (κ2) is 5.91. The Bertz CT molecular complexity index is 75.9. The van der Waals surface area contributed by atoms with Crippen LogP contribution in [0.2, 0.25) is 0 Å². The van der Waals surface area contributed by atoms with Crippen LogP contribution in [-0.4, -0.2) is 6.26 Å². The standard InChI is InChI=1S/C6H9S/c1-3-4-5-6-7-2/h6H,5H2,1-2H3. The van der Waals surface area contributed by atoms with E-state index in [0.29, 0.717) is 0 Å². The summed E-state index contributed by atoms with van der Waals surface area (Å²) in [6.07, 6.45) is 2.95. The molecule has 0 atom stereocenters. The van der Waals surface area contributed by atoms with E-state index in [0.717, 1.165) is 6.42 Å². The van der Waals surface area contributed by atoms with Gasteiger partial charge in [-0.2, -0.15) is 11.8 Å². The summed E-state index contributed by atoms with van der Waals surface area (Å²) in [7, 11) is 0. The van der Waals surface area contributed by atoms with Gasteiger partial charge in [-0.3, -0.25) is 0 Å². The van der Waals surface area contributed by atoms with Gasteiger partial charge in [-0.05, 0) is 13.2 Å². The van der Waals surface area contributed by atoms with Crippen LogP contribution in [-0.2, 0) is 0 Å². The first-order valence-corrected chi connectivity index (χ1v) is 3.44. The lowest BCUT2D eigenvalue weighted by molar-refractivity contribution is 1.44. The average Bonchev–Trinajstić information content (AvgIpc) is 1.69. The monoisotopic (exact) mass is 113 g/mol. The molecule has 0 saturated heterocycles. The zero-order valence-electron chi connectivity index (χ0n) is 4.69. The fourth-order valence-electron chi connectivity index (χ4n) is 0.227. The minimum absolute atomic E-state index is 0.914. The summed E-state index contributed by atoms with van der Waals surface area (Å²) in [4.78, 5) is 0. The molecule has 0 aliphatic carbocycles. The first-order valence-electron chi connectivity index (χ1n) is 2.16. The van der Waals surface area contributed by atoms with Crippen LogP contribution in [0.4, 0.5) is 0 Å². The third-order valence-electron chi connectivity index (χ3n) is 0.529. The number of thioether (sulfide) groups is 1. The van der Waals surface area contributed by atoms with E-state index < -0.39 is 0 Å². The summed E-state index contributed by atoms with van der Waals surface area (Å²) in [6, 6.07) is 0. The first kappa shape index (κ1) is 6.91. The zero-order valence-corrected chi connectivity index (χ0v) is 5.51. The van der Waals surface area contributed by atoms with Crippen LogP contribution in [0.25, 0.3) is 0 Å². The van der Waals surface area contributed by atoms with Gasteiger partial charge in [0.1, 0.15) is 0 Å². The largest absolute Gasteiger partial charge is 0.160 e. The van der Waals surface area contributed by atoms with E-state index in [1.807, 2.05) is 13.2 Å². The number of rotatable bonds is 2. The van der Waals surface area contributed by atoms with Crippen molar-refractivity contribution >= 4 is 11.8 Å². The summed E-state index contributed by atoms with van der Waals surface area (Å²) in [5.41, 5.74) is 0. The molecule has 0 heterocycles. The number of hydrogen-bond donors (Lipinski definition) is 0. The van der Waals surface area contributed by atoms with Gasteiger partial charge in [0.25, 0.3) is 0 Å². The molecule has 0 saturated carbocycles. The van der Waals surface area contributed by atoms with Crippen LogP contribution in [0.5, 0.6) is 0 Å². The molecule has 0 aliphatic rings. The molecule has 0 rings (SSSR count). The number of hydrogen-bond acceptors (Lipinski definition) is 1. The van der Waals surface area contributed by atoms with E-state index >= 15 is 0 Å². The van der Waals surface area contributed by atoms with Gasteiger partial charge in [0.15, 0.2) is 0 Å². The van der Waals surface area contributed by atoms with Crippen molar-refractivity contribution in [3.05, 3.63) is 5.75 Å². The van der Waals surface area contributed by atoms with Gasteiger partial charge in [-0.1, -0.05) is 0 Å². The molecule has 0 aromatic rings. The van der Waals surface area contributed by atoms with Gasteiger partial charge < -0.3 is 0 Å². The Morgan fingerprint density at radius 2 is 2.43 bits per heavy atom. The maximum Gasteiger partial charge on any atom is 0.0282 e. The molecule has 0 N–H and O–H groups in total. The normalized spacial score (nSPS) is 7.14. The average molecular weight is 113 g/mol. The van der Waals surface area contributed by atoms with E-state index in [-0.39, 0.29) is 0 Å². The van der Waals surface area contributed by atoms with Crippen LogP contribution >= 0.6 is 11.8 Å². The topological polar surface area (TPSA) is 0 Å². The van der Waals surface area contributed by atoms with Crippen molar-refractivity contribution < 1.29 is 0 Å². The molecular weight excluding hydrogens is 104 g/mol. The molecule has 1 radical (unpaired) electrons. The third-order valence-corrected chi connectivity index (χ3v) is 1.03. The molecule has 0 aromatic carbocycles. The fraction of sp³-hybridized carbons (Fsp3) is 0.500. The van der Waals surface area contributed by atoms with Gasteiger partial charge in [0.05, 0.1) is 0 Å². The summed E-state index contributed by atoms with van der Waals surface area (Å²) in [6.45, 7) is 1.86. The molecule has 39 valence electrons. The van der Waals surface area contributed by atoms with Crippen molar-refractivity contribution in [1.82, 2.24) is 0 Å². The molecule has 0 aliphatic heterocycles. The Morgan fingerprint density at radius 3 is 2.86 bits per heavy atom.